The Hall–Kier alpha value is -3.06. The van der Waals surface area contributed by atoms with Crippen molar-refractivity contribution in [1.29, 1.82) is 0 Å². The van der Waals surface area contributed by atoms with Crippen LogP contribution in [0.2, 0.25) is 5.02 Å². The highest BCUT2D eigenvalue weighted by Crippen LogP contribution is 2.39. The van der Waals surface area contributed by atoms with Crippen LogP contribution in [0.1, 0.15) is 15.9 Å². The molecule has 1 aliphatic rings. The van der Waals surface area contributed by atoms with Crippen LogP contribution in [0.4, 0.5) is 4.39 Å². The zero-order chi connectivity index (χ0) is 17.8. The van der Waals surface area contributed by atoms with Gasteiger partial charge in [0, 0.05) is 6.08 Å². The Balaban J connectivity index is 1.59. The summed E-state index contributed by atoms with van der Waals surface area (Å²) in [4.78, 5) is 23.5. The monoisotopic (exact) mass is 362 g/mol. The van der Waals surface area contributed by atoms with E-state index in [4.69, 9.17) is 21.1 Å². The van der Waals surface area contributed by atoms with Crippen LogP contribution >= 0.6 is 11.6 Å². The fourth-order valence-electron chi connectivity index (χ4n) is 2.13. The largest absolute Gasteiger partial charge is 0.454 e. The lowest BCUT2D eigenvalue weighted by atomic mass is 10.2. The van der Waals surface area contributed by atoms with Gasteiger partial charge in [0.2, 0.25) is 6.79 Å². The van der Waals surface area contributed by atoms with E-state index in [0.29, 0.717) is 22.1 Å². The topological polar surface area (TPSA) is 76.7 Å². The number of hydrogen-bond donors (Lipinski definition) is 2. The first-order valence-electron chi connectivity index (χ1n) is 7.16. The number of hydrazine groups is 1. The third-order valence-corrected chi connectivity index (χ3v) is 3.58. The van der Waals surface area contributed by atoms with Crippen LogP contribution in [0.3, 0.4) is 0 Å². The minimum atomic E-state index is -0.758. The van der Waals surface area contributed by atoms with Crippen LogP contribution in [-0.4, -0.2) is 18.6 Å². The van der Waals surface area contributed by atoms with Crippen LogP contribution in [0.15, 0.2) is 42.5 Å². The van der Waals surface area contributed by atoms with Crippen molar-refractivity contribution >= 4 is 29.5 Å². The molecular formula is C17H12ClFN2O4. The number of halogens is 2. The normalized spacial score (nSPS) is 12.2. The van der Waals surface area contributed by atoms with Crippen molar-refractivity contribution in [1.82, 2.24) is 10.9 Å². The average molecular weight is 363 g/mol. The fraction of sp³-hybridized carbons (Fsp3) is 0.0588. The maximum absolute atomic E-state index is 13.5. The van der Waals surface area contributed by atoms with Crippen molar-refractivity contribution < 1.29 is 23.5 Å². The molecule has 0 saturated carbocycles. The molecule has 2 amide bonds. The molecule has 1 heterocycles. The van der Waals surface area contributed by atoms with Crippen LogP contribution in [-0.2, 0) is 4.79 Å². The van der Waals surface area contributed by atoms with Gasteiger partial charge in [0.15, 0.2) is 11.5 Å². The Labute approximate surface area is 147 Å². The molecule has 25 heavy (non-hydrogen) atoms. The Bertz CT molecular complexity index is 870. The summed E-state index contributed by atoms with van der Waals surface area (Å²) in [5.74, 6) is -1.09. The van der Waals surface area contributed by atoms with E-state index in [2.05, 4.69) is 10.9 Å². The van der Waals surface area contributed by atoms with Crippen LogP contribution in [0.5, 0.6) is 11.5 Å². The third kappa shape index (κ3) is 3.89. The minimum absolute atomic E-state index is 0.0881. The molecule has 0 spiro atoms. The summed E-state index contributed by atoms with van der Waals surface area (Å²) in [5, 5.41) is 0.364. The van der Waals surface area contributed by atoms with Crippen molar-refractivity contribution in [3.63, 3.8) is 0 Å². The van der Waals surface area contributed by atoms with Gasteiger partial charge < -0.3 is 9.47 Å². The lowest BCUT2D eigenvalue weighted by Gasteiger charge is -2.06. The maximum Gasteiger partial charge on any atom is 0.272 e. The van der Waals surface area contributed by atoms with Gasteiger partial charge in [0.05, 0.1) is 10.6 Å². The molecule has 3 rings (SSSR count). The highest BCUT2D eigenvalue weighted by Gasteiger charge is 2.17. The van der Waals surface area contributed by atoms with E-state index >= 15 is 0 Å². The van der Waals surface area contributed by atoms with E-state index in [-0.39, 0.29) is 12.4 Å². The van der Waals surface area contributed by atoms with Gasteiger partial charge >= 0.3 is 0 Å². The van der Waals surface area contributed by atoms with Gasteiger partial charge in [-0.3, -0.25) is 20.4 Å². The number of amides is 2. The summed E-state index contributed by atoms with van der Waals surface area (Å²) in [6.07, 6.45) is 2.67. The predicted octanol–water partition coefficient (Wildman–Crippen LogP) is 2.68. The molecule has 0 bridgehead atoms. The van der Waals surface area contributed by atoms with Gasteiger partial charge in [-0.25, -0.2) is 4.39 Å². The molecule has 2 aromatic carbocycles. The summed E-state index contributed by atoms with van der Waals surface area (Å²) >= 11 is 6.04. The molecule has 0 atom stereocenters. The van der Waals surface area contributed by atoms with Gasteiger partial charge in [0.1, 0.15) is 5.82 Å². The Morgan fingerprint density at radius 1 is 1.16 bits per heavy atom. The quantitative estimate of drug-likeness (QED) is 0.650. The molecule has 0 aliphatic carbocycles. The van der Waals surface area contributed by atoms with Crippen molar-refractivity contribution in [2.45, 2.75) is 0 Å². The van der Waals surface area contributed by atoms with E-state index < -0.39 is 17.6 Å². The van der Waals surface area contributed by atoms with Gasteiger partial charge in [-0.15, -0.1) is 0 Å². The van der Waals surface area contributed by atoms with Gasteiger partial charge in [-0.1, -0.05) is 23.7 Å². The summed E-state index contributed by atoms with van der Waals surface area (Å²) in [6, 6.07) is 8.71. The number of carbonyl (C=O) groups excluding carboxylic acids is 2. The van der Waals surface area contributed by atoms with Gasteiger partial charge in [-0.05, 0) is 35.9 Å². The van der Waals surface area contributed by atoms with E-state index in [1.165, 1.54) is 30.4 Å². The number of rotatable bonds is 3. The molecule has 8 heteroatoms. The number of benzene rings is 2. The molecule has 0 fully saturated rings. The summed E-state index contributed by atoms with van der Waals surface area (Å²) in [7, 11) is 0. The summed E-state index contributed by atoms with van der Waals surface area (Å²) in [6.45, 7) is 0.0881. The number of fused-ring (bicyclic) bond motifs is 1. The molecular weight excluding hydrogens is 351 g/mol. The average Bonchev–Trinajstić information content (AvgIpc) is 3.07. The molecule has 2 aromatic rings. The van der Waals surface area contributed by atoms with Crippen LogP contribution < -0.4 is 20.3 Å². The standard InChI is InChI=1S/C17H12ClFN2O4/c18-12-7-10(8-14-16(12)25-9-24-14)5-6-15(22)20-21-17(23)11-3-1-2-4-13(11)19/h1-8H,9H2,(H,20,22)(H,21,23)/b6-5+. The zero-order valence-electron chi connectivity index (χ0n) is 12.7. The van der Waals surface area contributed by atoms with Crippen molar-refractivity contribution in [2.24, 2.45) is 0 Å². The molecule has 1 aliphatic heterocycles. The van der Waals surface area contributed by atoms with Crippen LogP contribution in [0, 0.1) is 5.82 Å². The van der Waals surface area contributed by atoms with E-state index in [9.17, 15) is 14.0 Å². The number of carbonyl (C=O) groups is 2. The highest BCUT2D eigenvalue weighted by molar-refractivity contribution is 6.32. The lowest BCUT2D eigenvalue weighted by Crippen LogP contribution is -2.41. The fourth-order valence-corrected chi connectivity index (χ4v) is 2.40. The number of ether oxygens (including phenoxy) is 2. The van der Waals surface area contributed by atoms with Crippen LogP contribution in [0.25, 0.3) is 6.08 Å². The summed E-state index contributed by atoms with van der Waals surface area (Å²) in [5.41, 5.74) is 4.74. The first-order valence-corrected chi connectivity index (χ1v) is 7.54. The van der Waals surface area contributed by atoms with Gasteiger partial charge in [0.25, 0.3) is 11.8 Å². The first-order chi connectivity index (χ1) is 12.0. The van der Waals surface area contributed by atoms with Crippen molar-refractivity contribution in [3.05, 3.63) is 64.4 Å². The van der Waals surface area contributed by atoms with E-state index in [1.807, 2.05) is 0 Å². The zero-order valence-corrected chi connectivity index (χ0v) is 13.5. The van der Waals surface area contributed by atoms with Crippen molar-refractivity contribution in [2.75, 3.05) is 6.79 Å². The van der Waals surface area contributed by atoms with E-state index in [1.54, 1.807) is 12.1 Å². The Kier molecular flexibility index (Phi) is 4.85. The molecule has 0 aromatic heterocycles. The van der Waals surface area contributed by atoms with Crippen molar-refractivity contribution in [3.8, 4) is 11.5 Å². The second-order valence-corrected chi connectivity index (χ2v) is 5.40. The molecule has 0 unspecified atom stereocenters. The summed E-state index contributed by atoms with van der Waals surface area (Å²) < 4.78 is 23.9. The second kappa shape index (κ2) is 7.23. The lowest BCUT2D eigenvalue weighted by molar-refractivity contribution is -0.117. The third-order valence-electron chi connectivity index (χ3n) is 3.29. The molecule has 128 valence electrons. The molecule has 0 saturated heterocycles. The molecule has 2 N–H and O–H groups in total. The SMILES string of the molecule is O=C(/C=C/c1cc(Cl)c2c(c1)OCO2)NNC(=O)c1ccccc1F. The molecule has 6 nitrogen and oxygen atoms in total. The van der Waals surface area contributed by atoms with Gasteiger partial charge in [-0.2, -0.15) is 0 Å². The number of hydrogen-bond acceptors (Lipinski definition) is 4. The maximum atomic E-state index is 13.5. The highest BCUT2D eigenvalue weighted by atomic mass is 35.5. The smallest absolute Gasteiger partial charge is 0.272 e. The Morgan fingerprint density at radius 3 is 2.76 bits per heavy atom. The minimum Gasteiger partial charge on any atom is -0.454 e. The Morgan fingerprint density at radius 2 is 1.96 bits per heavy atom. The second-order valence-electron chi connectivity index (χ2n) is 4.99. The predicted molar refractivity (Wildman–Crippen MR) is 88.6 cm³/mol. The molecule has 0 radical (unpaired) electrons. The first kappa shape index (κ1) is 16.8. The van der Waals surface area contributed by atoms with E-state index in [0.717, 1.165) is 6.07 Å². The number of nitrogens with one attached hydrogen (secondary N) is 2.